The van der Waals surface area contributed by atoms with Gasteiger partial charge in [-0.3, -0.25) is 4.98 Å². The summed E-state index contributed by atoms with van der Waals surface area (Å²) in [4.78, 5) is 12.0. The van der Waals surface area contributed by atoms with Crippen LogP contribution in [0.3, 0.4) is 0 Å². The van der Waals surface area contributed by atoms with E-state index in [0.29, 0.717) is 0 Å². The maximum Gasteiger partial charge on any atom is 0.0923 e. The standard InChI is InChI=1S/C19H21N3/c1-19(2,3)15-9-7-14(8-10-15)18(17-12-20-13-22-17)16-6-4-5-11-21-16/h4-13,18H,1-3H3,(H,20,22). The first-order valence-corrected chi connectivity index (χ1v) is 7.56. The fraction of sp³-hybridized carbons (Fsp3) is 0.263. The number of imidazole rings is 1. The predicted octanol–water partition coefficient (Wildman–Crippen LogP) is 4.28. The van der Waals surface area contributed by atoms with Gasteiger partial charge in [-0.25, -0.2) is 4.98 Å². The monoisotopic (exact) mass is 291 g/mol. The average molecular weight is 291 g/mol. The van der Waals surface area contributed by atoms with E-state index in [-0.39, 0.29) is 11.3 Å². The van der Waals surface area contributed by atoms with Crippen LogP contribution in [0.2, 0.25) is 0 Å². The van der Waals surface area contributed by atoms with Gasteiger partial charge >= 0.3 is 0 Å². The van der Waals surface area contributed by atoms with E-state index < -0.39 is 0 Å². The number of benzene rings is 1. The first-order chi connectivity index (χ1) is 10.6. The van der Waals surface area contributed by atoms with Crippen molar-refractivity contribution >= 4 is 0 Å². The molecule has 0 amide bonds. The molecule has 3 aromatic rings. The number of nitrogens with one attached hydrogen (secondary N) is 1. The molecule has 2 aromatic heterocycles. The van der Waals surface area contributed by atoms with Gasteiger partial charge in [0.2, 0.25) is 0 Å². The Kier molecular flexibility index (Phi) is 3.80. The van der Waals surface area contributed by atoms with Crippen molar-refractivity contribution in [3.63, 3.8) is 0 Å². The van der Waals surface area contributed by atoms with E-state index in [1.54, 1.807) is 6.33 Å². The van der Waals surface area contributed by atoms with Gasteiger partial charge in [-0.2, -0.15) is 0 Å². The zero-order chi connectivity index (χ0) is 15.6. The first-order valence-electron chi connectivity index (χ1n) is 7.56. The highest BCUT2D eigenvalue weighted by Crippen LogP contribution is 2.31. The molecular weight excluding hydrogens is 270 g/mol. The van der Waals surface area contributed by atoms with Gasteiger partial charge < -0.3 is 4.98 Å². The normalized spacial score (nSPS) is 13.0. The van der Waals surface area contributed by atoms with E-state index in [9.17, 15) is 0 Å². The number of aromatic nitrogens is 3. The molecule has 22 heavy (non-hydrogen) atoms. The SMILES string of the molecule is CC(C)(C)c1ccc(C(c2ccccn2)c2c[nH]cn2)cc1. The summed E-state index contributed by atoms with van der Waals surface area (Å²) in [5, 5.41) is 0. The van der Waals surface area contributed by atoms with E-state index in [4.69, 9.17) is 0 Å². The van der Waals surface area contributed by atoms with Gasteiger partial charge in [-0.15, -0.1) is 0 Å². The van der Waals surface area contributed by atoms with Crippen LogP contribution in [0.1, 0.15) is 49.2 Å². The molecule has 3 rings (SSSR count). The Morgan fingerprint density at radius 3 is 2.23 bits per heavy atom. The van der Waals surface area contributed by atoms with Crippen LogP contribution in [0.15, 0.2) is 61.2 Å². The molecule has 1 atom stereocenters. The second-order valence-electron chi connectivity index (χ2n) is 6.55. The van der Waals surface area contributed by atoms with Crippen molar-refractivity contribution in [2.75, 3.05) is 0 Å². The summed E-state index contributed by atoms with van der Waals surface area (Å²) in [6.07, 6.45) is 5.49. The van der Waals surface area contributed by atoms with Gasteiger partial charge in [0.25, 0.3) is 0 Å². The van der Waals surface area contributed by atoms with Crippen LogP contribution in [0, 0.1) is 0 Å². The average Bonchev–Trinajstić information content (AvgIpc) is 3.02. The molecule has 1 aromatic carbocycles. The second-order valence-corrected chi connectivity index (χ2v) is 6.55. The molecule has 0 aliphatic heterocycles. The van der Waals surface area contributed by atoms with E-state index in [1.165, 1.54) is 11.1 Å². The molecule has 0 bridgehead atoms. The third kappa shape index (κ3) is 2.93. The number of nitrogens with zero attached hydrogens (tertiary/aromatic N) is 2. The Balaban J connectivity index is 2.04. The lowest BCUT2D eigenvalue weighted by molar-refractivity contribution is 0.590. The van der Waals surface area contributed by atoms with Crippen molar-refractivity contribution in [1.82, 2.24) is 15.0 Å². The maximum atomic E-state index is 4.53. The Bertz CT molecular complexity index is 708. The lowest BCUT2D eigenvalue weighted by Gasteiger charge is -2.21. The fourth-order valence-corrected chi connectivity index (χ4v) is 2.64. The van der Waals surface area contributed by atoms with Crippen molar-refractivity contribution in [3.8, 4) is 0 Å². The highest BCUT2D eigenvalue weighted by atomic mass is 14.9. The molecule has 0 aliphatic rings. The summed E-state index contributed by atoms with van der Waals surface area (Å²) in [6.45, 7) is 6.68. The van der Waals surface area contributed by atoms with Gasteiger partial charge in [0, 0.05) is 12.4 Å². The van der Waals surface area contributed by atoms with Crippen LogP contribution in [-0.2, 0) is 5.41 Å². The van der Waals surface area contributed by atoms with Crippen molar-refractivity contribution in [1.29, 1.82) is 0 Å². The summed E-state index contributed by atoms with van der Waals surface area (Å²) in [7, 11) is 0. The summed E-state index contributed by atoms with van der Waals surface area (Å²) in [5.74, 6) is 0.0569. The van der Waals surface area contributed by atoms with E-state index >= 15 is 0 Å². The molecule has 0 saturated heterocycles. The minimum absolute atomic E-state index is 0.0569. The highest BCUT2D eigenvalue weighted by Gasteiger charge is 2.21. The lowest BCUT2D eigenvalue weighted by Crippen LogP contribution is -2.12. The van der Waals surface area contributed by atoms with Gasteiger partial charge in [0.05, 0.1) is 23.6 Å². The molecule has 0 radical (unpaired) electrons. The van der Waals surface area contributed by atoms with Crippen LogP contribution in [0.4, 0.5) is 0 Å². The molecule has 1 N–H and O–H groups in total. The summed E-state index contributed by atoms with van der Waals surface area (Å²) in [5.41, 5.74) is 4.70. The molecule has 3 heteroatoms. The Morgan fingerprint density at radius 1 is 0.909 bits per heavy atom. The summed E-state index contributed by atoms with van der Waals surface area (Å²) < 4.78 is 0. The lowest BCUT2D eigenvalue weighted by atomic mass is 9.84. The van der Waals surface area contributed by atoms with Crippen molar-refractivity contribution < 1.29 is 0 Å². The Labute approximate surface area is 131 Å². The van der Waals surface area contributed by atoms with Gasteiger partial charge in [-0.1, -0.05) is 51.1 Å². The fourth-order valence-electron chi connectivity index (χ4n) is 2.64. The molecule has 3 nitrogen and oxygen atoms in total. The number of hydrogen-bond acceptors (Lipinski definition) is 2. The van der Waals surface area contributed by atoms with Crippen LogP contribution in [0.5, 0.6) is 0 Å². The molecule has 0 aliphatic carbocycles. The third-order valence-corrected chi connectivity index (χ3v) is 3.91. The minimum Gasteiger partial charge on any atom is -0.351 e. The van der Waals surface area contributed by atoms with Crippen molar-refractivity contribution in [2.45, 2.75) is 32.1 Å². The maximum absolute atomic E-state index is 4.53. The molecule has 0 spiro atoms. The molecule has 1 unspecified atom stereocenters. The van der Waals surface area contributed by atoms with Crippen LogP contribution in [0.25, 0.3) is 0 Å². The Morgan fingerprint density at radius 2 is 1.68 bits per heavy atom. The van der Waals surface area contributed by atoms with E-state index in [1.807, 2.05) is 24.5 Å². The number of rotatable bonds is 3. The smallest absolute Gasteiger partial charge is 0.0923 e. The number of aromatic amines is 1. The number of H-pyrrole nitrogens is 1. The highest BCUT2D eigenvalue weighted by molar-refractivity contribution is 5.39. The van der Waals surface area contributed by atoms with Crippen LogP contribution >= 0.6 is 0 Å². The van der Waals surface area contributed by atoms with Gasteiger partial charge in [0.1, 0.15) is 0 Å². The van der Waals surface area contributed by atoms with Crippen LogP contribution in [-0.4, -0.2) is 15.0 Å². The number of hydrogen-bond donors (Lipinski definition) is 1. The third-order valence-electron chi connectivity index (χ3n) is 3.91. The summed E-state index contributed by atoms with van der Waals surface area (Å²) in [6, 6.07) is 14.8. The van der Waals surface area contributed by atoms with Crippen molar-refractivity contribution in [3.05, 3.63) is 83.7 Å². The zero-order valence-corrected chi connectivity index (χ0v) is 13.2. The number of pyridine rings is 1. The molecule has 0 saturated carbocycles. The predicted molar refractivity (Wildman–Crippen MR) is 88.9 cm³/mol. The zero-order valence-electron chi connectivity index (χ0n) is 13.2. The summed E-state index contributed by atoms with van der Waals surface area (Å²) >= 11 is 0. The molecule has 0 fully saturated rings. The van der Waals surface area contributed by atoms with E-state index in [2.05, 4.69) is 66.1 Å². The molecular formula is C19H21N3. The van der Waals surface area contributed by atoms with Crippen molar-refractivity contribution in [2.24, 2.45) is 0 Å². The quantitative estimate of drug-likeness (QED) is 0.782. The minimum atomic E-state index is 0.0569. The van der Waals surface area contributed by atoms with E-state index in [0.717, 1.165) is 11.4 Å². The topological polar surface area (TPSA) is 41.6 Å². The van der Waals surface area contributed by atoms with Gasteiger partial charge in [-0.05, 0) is 28.7 Å². The largest absolute Gasteiger partial charge is 0.351 e. The molecule has 112 valence electrons. The van der Waals surface area contributed by atoms with Crippen LogP contribution < -0.4 is 0 Å². The van der Waals surface area contributed by atoms with Gasteiger partial charge in [0.15, 0.2) is 0 Å². The first kappa shape index (κ1) is 14.5. The second kappa shape index (κ2) is 5.76. The molecule has 2 heterocycles. The Hall–Kier alpha value is -2.42.